The second-order valence-electron chi connectivity index (χ2n) is 6.77. The monoisotopic (exact) mass is 244 g/mol. The third-order valence-corrected chi connectivity index (χ3v) is 5.78. The third kappa shape index (κ3) is 2.37. The van der Waals surface area contributed by atoms with E-state index < -0.39 is 6.43 Å². The van der Waals surface area contributed by atoms with Gasteiger partial charge in [-0.3, -0.25) is 0 Å². The van der Waals surface area contributed by atoms with Crippen molar-refractivity contribution < 1.29 is 8.78 Å². The molecule has 17 heavy (non-hydrogen) atoms. The van der Waals surface area contributed by atoms with Gasteiger partial charge in [0, 0.05) is 6.42 Å². The van der Waals surface area contributed by atoms with Gasteiger partial charge in [-0.05, 0) is 48.3 Å². The van der Waals surface area contributed by atoms with Gasteiger partial charge in [-0.25, -0.2) is 8.78 Å². The molecule has 0 radical (unpaired) electrons. The number of fused-ring (bicyclic) bond motifs is 1. The Morgan fingerprint density at radius 2 is 1.94 bits per heavy atom. The average Bonchev–Trinajstić information content (AvgIpc) is 2.55. The molecule has 0 aromatic carbocycles. The highest BCUT2D eigenvalue weighted by Gasteiger charge is 2.51. The van der Waals surface area contributed by atoms with E-state index in [1.54, 1.807) is 0 Å². The molecular formula is C15H26F2. The van der Waals surface area contributed by atoms with Crippen LogP contribution in [0, 0.1) is 29.1 Å². The van der Waals surface area contributed by atoms with E-state index in [2.05, 4.69) is 13.8 Å². The Morgan fingerprint density at radius 3 is 2.59 bits per heavy atom. The van der Waals surface area contributed by atoms with Crippen molar-refractivity contribution in [3.63, 3.8) is 0 Å². The molecule has 0 N–H and O–H groups in total. The van der Waals surface area contributed by atoms with Crippen LogP contribution in [0.2, 0.25) is 0 Å². The molecule has 0 bridgehead atoms. The van der Waals surface area contributed by atoms with Crippen LogP contribution in [0.15, 0.2) is 0 Å². The molecule has 0 unspecified atom stereocenters. The molecule has 2 heteroatoms. The minimum atomic E-state index is -2.13. The number of halogens is 2. The van der Waals surface area contributed by atoms with Crippen LogP contribution in [0.4, 0.5) is 8.78 Å². The molecule has 0 aromatic rings. The first-order valence-electron chi connectivity index (χ1n) is 7.23. The topological polar surface area (TPSA) is 0 Å². The van der Waals surface area contributed by atoms with E-state index in [1.165, 1.54) is 32.1 Å². The highest BCUT2D eigenvalue weighted by molar-refractivity contribution is 5.00. The molecule has 0 saturated heterocycles. The lowest BCUT2D eigenvalue weighted by atomic mass is 9.59. The molecule has 2 aliphatic carbocycles. The largest absolute Gasteiger partial charge is 0.238 e. The zero-order valence-electron chi connectivity index (χ0n) is 11.4. The number of rotatable bonds is 3. The number of hydrogen-bond donors (Lipinski definition) is 0. The smallest absolute Gasteiger partial charge is 0.211 e. The molecule has 2 rings (SSSR count). The zero-order chi connectivity index (χ0) is 12.6. The van der Waals surface area contributed by atoms with Gasteiger partial charge in [-0.2, -0.15) is 0 Å². The fourth-order valence-electron chi connectivity index (χ4n) is 4.98. The van der Waals surface area contributed by atoms with Crippen molar-refractivity contribution in [1.82, 2.24) is 0 Å². The minimum absolute atomic E-state index is 0.0986. The maximum atomic E-state index is 12.6. The Balaban J connectivity index is 2.09. The van der Waals surface area contributed by atoms with E-state index in [0.717, 1.165) is 11.8 Å². The highest BCUT2D eigenvalue weighted by atomic mass is 19.3. The maximum absolute atomic E-state index is 12.6. The van der Waals surface area contributed by atoms with Gasteiger partial charge >= 0.3 is 0 Å². The Morgan fingerprint density at radius 1 is 1.24 bits per heavy atom. The Bertz CT molecular complexity index is 264. The van der Waals surface area contributed by atoms with Crippen molar-refractivity contribution in [3.05, 3.63) is 0 Å². The predicted octanol–water partition coefficient (Wildman–Crippen LogP) is 5.13. The van der Waals surface area contributed by atoms with Gasteiger partial charge in [0.25, 0.3) is 0 Å². The van der Waals surface area contributed by atoms with Crippen LogP contribution in [0.5, 0.6) is 0 Å². The van der Waals surface area contributed by atoms with E-state index in [9.17, 15) is 8.78 Å². The molecule has 100 valence electrons. The summed E-state index contributed by atoms with van der Waals surface area (Å²) in [6, 6.07) is 0. The normalized spacial score (nSPS) is 43.8. The molecular weight excluding hydrogens is 218 g/mol. The van der Waals surface area contributed by atoms with Crippen LogP contribution in [0.1, 0.15) is 59.3 Å². The first kappa shape index (κ1) is 13.3. The van der Waals surface area contributed by atoms with E-state index in [-0.39, 0.29) is 12.3 Å². The van der Waals surface area contributed by atoms with Crippen LogP contribution in [0.25, 0.3) is 0 Å². The predicted molar refractivity (Wildman–Crippen MR) is 67.1 cm³/mol. The third-order valence-electron chi connectivity index (χ3n) is 5.78. The van der Waals surface area contributed by atoms with Gasteiger partial charge in [0.15, 0.2) is 0 Å². The summed E-state index contributed by atoms with van der Waals surface area (Å²) < 4.78 is 25.1. The second-order valence-corrected chi connectivity index (χ2v) is 6.77. The zero-order valence-corrected chi connectivity index (χ0v) is 11.4. The van der Waals surface area contributed by atoms with Crippen LogP contribution in [-0.4, -0.2) is 6.43 Å². The van der Waals surface area contributed by atoms with Gasteiger partial charge in [-0.1, -0.05) is 33.6 Å². The van der Waals surface area contributed by atoms with E-state index in [4.69, 9.17) is 0 Å². The van der Waals surface area contributed by atoms with Crippen LogP contribution in [-0.2, 0) is 0 Å². The molecule has 2 fully saturated rings. The standard InChI is InChI=1S/C15H26F2/c1-10-5-4-8-15(3)12(10)6-7-13(15)11(2)9-14(16)17/h10-14H,4-9H2,1-3H3/t10-,11+,12-,13+,15-/m0/s1. The van der Waals surface area contributed by atoms with Crippen molar-refractivity contribution in [2.45, 2.75) is 65.7 Å². The molecule has 0 aliphatic heterocycles. The summed E-state index contributed by atoms with van der Waals surface area (Å²) in [5.41, 5.74) is 0.353. The molecule has 2 saturated carbocycles. The van der Waals surface area contributed by atoms with Gasteiger partial charge in [0.1, 0.15) is 0 Å². The van der Waals surface area contributed by atoms with E-state index in [0.29, 0.717) is 11.3 Å². The summed E-state index contributed by atoms with van der Waals surface area (Å²) in [4.78, 5) is 0. The highest BCUT2D eigenvalue weighted by Crippen LogP contribution is 2.59. The fraction of sp³-hybridized carbons (Fsp3) is 1.00. The summed E-state index contributed by atoms with van der Waals surface area (Å²) in [5, 5.41) is 0. The summed E-state index contributed by atoms with van der Waals surface area (Å²) in [5.74, 6) is 2.32. The quantitative estimate of drug-likeness (QED) is 0.645. The summed E-state index contributed by atoms with van der Waals surface area (Å²) in [7, 11) is 0. The first-order chi connectivity index (χ1) is 7.95. The summed E-state index contributed by atoms with van der Waals surface area (Å²) in [6.07, 6.45) is 4.33. The lowest BCUT2D eigenvalue weighted by Crippen LogP contribution is -2.38. The molecule has 0 spiro atoms. The van der Waals surface area contributed by atoms with Crippen molar-refractivity contribution in [1.29, 1.82) is 0 Å². The molecule has 0 aromatic heterocycles. The second kappa shape index (κ2) is 4.85. The van der Waals surface area contributed by atoms with E-state index >= 15 is 0 Å². The summed E-state index contributed by atoms with van der Waals surface area (Å²) >= 11 is 0. The molecule has 0 nitrogen and oxygen atoms in total. The number of alkyl halides is 2. The van der Waals surface area contributed by atoms with Crippen molar-refractivity contribution in [2.75, 3.05) is 0 Å². The SMILES string of the molecule is C[C@H](CC(F)F)[C@H]1CC[C@H]2[C@@H](C)CCC[C@]12C. The van der Waals surface area contributed by atoms with Crippen molar-refractivity contribution in [2.24, 2.45) is 29.1 Å². The Hall–Kier alpha value is -0.140. The molecule has 5 atom stereocenters. The summed E-state index contributed by atoms with van der Waals surface area (Å²) in [6.45, 7) is 6.79. The van der Waals surface area contributed by atoms with Gasteiger partial charge < -0.3 is 0 Å². The van der Waals surface area contributed by atoms with Crippen LogP contribution in [0.3, 0.4) is 0 Å². The molecule has 0 heterocycles. The average molecular weight is 244 g/mol. The first-order valence-corrected chi connectivity index (χ1v) is 7.23. The Kier molecular flexibility index (Phi) is 3.80. The van der Waals surface area contributed by atoms with Crippen molar-refractivity contribution >= 4 is 0 Å². The van der Waals surface area contributed by atoms with E-state index in [1.807, 2.05) is 6.92 Å². The number of hydrogen-bond acceptors (Lipinski definition) is 0. The maximum Gasteiger partial charge on any atom is 0.238 e. The fourth-order valence-corrected chi connectivity index (χ4v) is 4.98. The Labute approximate surface area is 104 Å². The van der Waals surface area contributed by atoms with Gasteiger partial charge in [0.05, 0.1) is 0 Å². The van der Waals surface area contributed by atoms with Crippen LogP contribution < -0.4 is 0 Å². The van der Waals surface area contributed by atoms with Crippen molar-refractivity contribution in [3.8, 4) is 0 Å². The lowest BCUT2D eigenvalue weighted by molar-refractivity contribution is 0.0175. The lowest BCUT2D eigenvalue weighted by Gasteiger charge is -2.46. The van der Waals surface area contributed by atoms with Gasteiger partial charge in [0.2, 0.25) is 6.43 Å². The van der Waals surface area contributed by atoms with Crippen LogP contribution >= 0.6 is 0 Å². The molecule has 0 amide bonds. The minimum Gasteiger partial charge on any atom is -0.211 e. The molecule has 2 aliphatic rings. The van der Waals surface area contributed by atoms with Gasteiger partial charge in [-0.15, -0.1) is 0 Å².